The van der Waals surface area contributed by atoms with Gasteiger partial charge in [0.15, 0.2) is 0 Å². The van der Waals surface area contributed by atoms with Gasteiger partial charge in [0.1, 0.15) is 0 Å². The molecule has 0 heterocycles. The summed E-state index contributed by atoms with van der Waals surface area (Å²) in [4.78, 5) is 11.6. The van der Waals surface area contributed by atoms with E-state index in [0.29, 0.717) is 0 Å². The lowest BCUT2D eigenvalue weighted by Gasteiger charge is -2.36. The third-order valence-corrected chi connectivity index (χ3v) is 3.04. The molecule has 1 saturated carbocycles. The maximum atomic E-state index is 12.9. The fourth-order valence-electron chi connectivity index (χ4n) is 1.87. The first-order chi connectivity index (χ1) is 6.96. The van der Waals surface area contributed by atoms with Crippen molar-refractivity contribution in [3.05, 3.63) is 0 Å². The number of nitrogens with two attached hydrogens (primary N) is 1. The molecule has 0 radical (unpaired) electrons. The summed E-state index contributed by atoms with van der Waals surface area (Å²) in [5.74, 6) is -3.08. The van der Waals surface area contributed by atoms with Gasteiger partial charge in [-0.1, -0.05) is 0 Å². The molecule has 0 unspecified atom stereocenters. The van der Waals surface area contributed by atoms with Crippen molar-refractivity contribution in [3.63, 3.8) is 0 Å². The Labute approximate surface area is 100 Å². The zero-order chi connectivity index (χ0) is 11.5. The molecule has 0 aromatic carbocycles. The van der Waals surface area contributed by atoms with Crippen LogP contribution in [0.15, 0.2) is 0 Å². The topological polar surface area (TPSA) is 52.3 Å². The largest absolute Gasteiger partial charge is 0.466 e. The molecule has 0 aromatic rings. The lowest BCUT2D eigenvalue weighted by atomic mass is 9.73. The minimum absolute atomic E-state index is 0. The zero-order valence-corrected chi connectivity index (χ0v) is 10.1. The second-order valence-electron chi connectivity index (χ2n) is 4.06. The average Bonchev–Trinajstić information content (AvgIpc) is 2.19. The number of ether oxygens (including phenoxy) is 1. The first kappa shape index (κ1) is 15.6. The highest BCUT2D eigenvalue weighted by Gasteiger charge is 2.47. The van der Waals surface area contributed by atoms with Crippen LogP contribution in [0.1, 0.15) is 32.6 Å². The Morgan fingerprint density at radius 3 is 2.19 bits per heavy atom. The van der Waals surface area contributed by atoms with E-state index in [9.17, 15) is 13.6 Å². The highest BCUT2D eigenvalue weighted by atomic mass is 35.5. The van der Waals surface area contributed by atoms with Crippen molar-refractivity contribution in [2.24, 2.45) is 11.1 Å². The maximum Gasteiger partial charge on any atom is 0.313 e. The van der Waals surface area contributed by atoms with Crippen LogP contribution in [-0.4, -0.2) is 25.0 Å². The number of esters is 1. The number of rotatable bonds is 3. The van der Waals surface area contributed by atoms with Gasteiger partial charge in [-0.05, 0) is 19.8 Å². The molecule has 0 aromatic heterocycles. The van der Waals surface area contributed by atoms with Crippen molar-refractivity contribution in [3.8, 4) is 0 Å². The molecule has 96 valence electrons. The number of halogens is 3. The van der Waals surface area contributed by atoms with E-state index in [1.54, 1.807) is 6.92 Å². The monoisotopic (exact) mass is 257 g/mol. The second kappa shape index (κ2) is 5.77. The van der Waals surface area contributed by atoms with E-state index >= 15 is 0 Å². The van der Waals surface area contributed by atoms with Crippen LogP contribution in [0.25, 0.3) is 0 Å². The summed E-state index contributed by atoms with van der Waals surface area (Å²) in [6.45, 7) is 2.04. The van der Waals surface area contributed by atoms with Crippen LogP contribution in [-0.2, 0) is 9.53 Å². The molecule has 0 bridgehead atoms. The SMILES string of the molecule is CCOC(=O)C1(CN)CCC(F)(F)CC1.Cl. The number of hydrogen-bond donors (Lipinski definition) is 1. The van der Waals surface area contributed by atoms with Crippen LogP contribution in [0.4, 0.5) is 8.78 Å². The van der Waals surface area contributed by atoms with Gasteiger partial charge in [0, 0.05) is 19.4 Å². The van der Waals surface area contributed by atoms with E-state index in [2.05, 4.69) is 0 Å². The first-order valence-corrected chi connectivity index (χ1v) is 5.21. The van der Waals surface area contributed by atoms with Crippen LogP contribution in [0, 0.1) is 5.41 Å². The highest BCUT2D eigenvalue weighted by molar-refractivity contribution is 5.85. The number of hydrogen-bond acceptors (Lipinski definition) is 3. The Bertz CT molecular complexity index is 239. The Balaban J connectivity index is 0.00000225. The quantitative estimate of drug-likeness (QED) is 0.788. The van der Waals surface area contributed by atoms with Gasteiger partial charge in [0.05, 0.1) is 12.0 Å². The molecule has 1 aliphatic rings. The van der Waals surface area contributed by atoms with Crippen molar-refractivity contribution in [1.82, 2.24) is 0 Å². The minimum atomic E-state index is -2.65. The molecule has 0 spiro atoms. The molecule has 0 atom stereocenters. The molecule has 0 saturated heterocycles. The minimum Gasteiger partial charge on any atom is -0.466 e. The van der Waals surface area contributed by atoms with Crippen molar-refractivity contribution < 1.29 is 18.3 Å². The number of carbonyl (C=O) groups is 1. The van der Waals surface area contributed by atoms with Crippen LogP contribution >= 0.6 is 12.4 Å². The average molecular weight is 258 g/mol. The Hall–Kier alpha value is -0.420. The standard InChI is InChI=1S/C10H17F2NO2.ClH/c1-2-15-8(14)9(7-13)3-5-10(11,12)6-4-9;/h2-7,13H2,1H3;1H. The van der Waals surface area contributed by atoms with Crippen molar-refractivity contribution in [1.29, 1.82) is 0 Å². The summed E-state index contributed by atoms with van der Waals surface area (Å²) in [6, 6.07) is 0. The molecule has 0 aliphatic heterocycles. The van der Waals surface area contributed by atoms with Gasteiger partial charge in [-0.25, -0.2) is 8.78 Å². The summed E-state index contributed by atoms with van der Waals surface area (Å²) in [5.41, 5.74) is 4.63. The predicted molar refractivity (Wildman–Crippen MR) is 58.8 cm³/mol. The Morgan fingerprint density at radius 2 is 1.81 bits per heavy atom. The van der Waals surface area contributed by atoms with Crippen LogP contribution < -0.4 is 5.73 Å². The number of alkyl halides is 2. The summed E-state index contributed by atoms with van der Waals surface area (Å²) in [6.07, 6.45) is -0.309. The molecule has 1 rings (SSSR count). The normalized spacial score (nSPS) is 22.0. The lowest BCUT2D eigenvalue weighted by molar-refractivity contribution is -0.162. The van der Waals surface area contributed by atoms with Gasteiger partial charge < -0.3 is 10.5 Å². The van der Waals surface area contributed by atoms with Crippen LogP contribution in [0.5, 0.6) is 0 Å². The number of carbonyl (C=O) groups excluding carboxylic acids is 1. The van der Waals surface area contributed by atoms with E-state index in [1.807, 2.05) is 0 Å². The third-order valence-electron chi connectivity index (χ3n) is 3.04. The smallest absolute Gasteiger partial charge is 0.313 e. The van der Waals surface area contributed by atoms with Crippen LogP contribution in [0.2, 0.25) is 0 Å². The van der Waals surface area contributed by atoms with Crippen LogP contribution in [0.3, 0.4) is 0 Å². The Kier molecular flexibility index (Phi) is 5.62. The molecular weight excluding hydrogens is 240 g/mol. The maximum absolute atomic E-state index is 12.9. The van der Waals surface area contributed by atoms with E-state index in [4.69, 9.17) is 10.5 Å². The predicted octanol–water partition coefficient (Wildman–Crippen LogP) is 2.13. The Morgan fingerprint density at radius 1 is 1.31 bits per heavy atom. The lowest BCUT2D eigenvalue weighted by Crippen LogP contribution is -2.45. The van der Waals surface area contributed by atoms with Crippen molar-refractivity contribution >= 4 is 18.4 Å². The summed E-state index contributed by atoms with van der Waals surface area (Å²) >= 11 is 0. The zero-order valence-electron chi connectivity index (χ0n) is 9.30. The third kappa shape index (κ3) is 3.28. The molecule has 6 heteroatoms. The molecule has 1 aliphatic carbocycles. The molecular formula is C10H18ClF2NO2. The molecule has 3 nitrogen and oxygen atoms in total. The highest BCUT2D eigenvalue weighted by Crippen LogP contribution is 2.43. The summed E-state index contributed by atoms with van der Waals surface area (Å²) in [7, 11) is 0. The summed E-state index contributed by atoms with van der Waals surface area (Å²) in [5, 5.41) is 0. The van der Waals surface area contributed by atoms with Gasteiger partial charge in [0.2, 0.25) is 5.92 Å². The van der Waals surface area contributed by atoms with Gasteiger partial charge >= 0.3 is 5.97 Å². The molecule has 1 fully saturated rings. The van der Waals surface area contributed by atoms with E-state index in [-0.39, 0.29) is 51.2 Å². The summed E-state index contributed by atoms with van der Waals surface area (Å²) < 4.78 is 30.8. The van der Waals surface area contributed by atoms with E-state index in [1.165, 1.54) is 0 Å². The molecule has 2 N–H and O–H groups in total. The van der Waals surface area contributed by atoms with Gasteiger partial charge in [-0.2, -0.15) is 0 Å². The first-order valence-electron chi connectivity index (χ1n) is 5.21. The fraction of sp³-hybridized carbons (Fsp3) is 0.900. The fourth-order valence-corrected chi connectivity index (χ4v) is 1.87. The van der Waals surface area contributed by atoms with Gasteiger partial charge in [-0.15, -0.1) is 12.4 Å². The molecule has 16 heavy (non-hydrogen) atoms. The van der Waals surface area contributed by atoms with Crippen molar-refractivity contribution in [2.45, 2.75) is 38.5 Å². The van der Waals surface area contributed by atoms with Crippen molar-refractivity contribution in [2.75, 3.05) is 13.2 Å². The van der Waals surface area contributed by atoms with Gasteiger partial charge in [-0.3, -0.25) is 4.79 Å². The van der Waals surface area contributed by atoms with E-state index in [0.717, 1.165) is 0 Å². The molecule has 0 amide bonds. The van der Waals surface area contributed by atoms with Gasteiger partial charge in [0.25, 0.3) is 0 Å². The second-order valence-corrected chi connectivity index (χ2v) is 4.06. The van der Waals surface area contributed by atoms with E-state index < -0.39 is 17.3 Å².